The number of ketones is 1. The van der Waals surface area contributed by atoms with Gasteiger partial charge in [-0.2, -0.15) is 0 Å². The van der Waals surface area contributed by atoms with Gasteiger partial charge in [-0.1, -0.05) is 116 Å². The molecule has 0 aromatic heterocycles. The Kier molecular flexibility index (Phi) is 18.3. The number of rotatable bonds is 27. The molecule has 330 valence electrons. The Morgan fingerprint density at radius 1 is 0.698 bits per heavy atom. The number of nitrogens with one attached hydrogen (secondary N) is 3. The van der Waals surface area contributed by atoms with E-state index in [1.54, 1.807) is 6.08 Å². The maximum atomic E-state index is 14.2. The van der Waals surface area contributed by atoms with E-state index in [-0.39, 0.29) is 44.1 Å². The summed E-state index contributed by atoms with van der Waals surface area (Å²) in [5.74, 6) is -1.46. The number of Topliss-reactive ketones (excluding diaryl/α,β-unsaturated/α-hetero) is 1. The number of fused-ring (bicyclic) bond motifs is 2. The van der Waals surface area contributed by atoms with Crippen LogP contribution in [-0.2, 0) is 30.5 Å². The van der Waals surface area contributed by atoms with Gasteiger partial charge in [0.1, 0.15) is 30.8 Å². The molecule has 0 aliphatic rings. The second-order valence-electron chi connectivity index (χ2n) is 15.3. The quantitative estimate of drug-likeness (QED) is 0.0203. The molecule has 0 radical (unpaired) electrons. The lowest BCUT2D eigenvalue weighted by molar-refractivity contribution is -0.149. The lowest BCUT2D eigenvalue weighted by Gasteiger charge is -2.24. The van der Waals surface area contributed by atoms with E-state index in [2.05, 4.69) is 35.7 Å². The van der Waals surface area contributed by atoms with Crippen LogP contribution in [-0.4, -0.2) is 62.0 Å². The molecule has 0 fully saturated rings. The Morgan fingerprint density at radius 2 is 1.33 bits per heavy atom. The maximum absolute atomic E-state index is 14.2. The van der Waals surface area contributed by atoms with Crippen molar-refractivity contribution in [3.63, 3.8) is 0 Å². The Morgan fingerprint density at radius 3 is 1.95 bits per heavy atom. The molecule has 0 aliphatic heterocycles. The summed E-state index contributed by atoms with van der Waals surface area (Å²) in [5, 5.41) is 12.5. The van der Waals surface area contributed by atoms with Crippen LogP contribution in [0.5, 0.6) is 11.5 Å². The van der Waals surface area contributed by atoms with Crippen molar-refractivity contribution in [1.82, 2.24) is 16.0 Å². The average molecular weight is 854 g/mol. The summed E-state index contributed by atoms with van der Waals surface area (Å²) in [4.78, 5) is 55.1. The normalized spacial score (nSPS) is 12.3. The van der Waals surface area contributed by atoms with Gasteiger partial charge in [-0.15, -0.1) is 6.58 Å². The molecule has 5 aromatic rings. The summed E-state index contributed by atoms with van der Waals surface area (Å²) < 4.78 is 18.1. The SMILES string of the molecule is C=CCOc1ccc2ccccc2c1-c1c(OCC(=O)N[C@H](CCCCN)C(=O)C[C@H](CCCNC(=C)N)C(=O)N[C@@H](CC=C)C(=O)OCc2ccccc2)ccc2ccccc12. The Labute approximate surface area is 369 Å². The molecule has 12 heteroatoms. The lowest BCUT2D eigenvalue weighted by Crippen LogP contribution is -2.47. The molecule has 0 aliphatic carbocycles. The summed E-state index contributed by atoms with van der Waals surface area (Å²) in [7, 11) is 0. The third kappa shape index (κ3) is 13.8. The molecule has 0 bridgehead atoms. The fourth-order valence-corrected chi connectivity index (χ4v) is 7.40. The van der Waals surface area contributed by atoms with E-state index in [1.165, 1.54) is 6.08 Å². The summed E-state index contributed by atoms with van der Waals surface area (Å²) in [5.41, 5.74) is 13.9. The van der Waals surface area contributed by atoms with E-state index < -0.39 is 42.4 Å². The average Bonchev–Trinajstić information content (AvgIpc) is 3.29. The molecule has 0 spiro atoms. The number of carbonyl (C=O) groups excluding carboxylic acids is 4. The molecule has 0 saturated carbocycles. The fraction of sp³-hybridized carbons (Fsp3) is 0.294. The molecule has 5 aromatic carbocycles. The van der Waals surface area contributed by atoms with Gasteiger partial charge in [0.15, 0.2) is 12.4 Å². The predicted octanol–water partition coefficient (Wildman–Crippen LogP) is 7.40. The molecule has 63 heavy (non-hydrogen) atoms. The summed E-state index contributed by atoms with van der Waals surface area (Å²) in [6.07, 6.45) is 5.37. The number of nitrogens with two attached hydrogens (primary N) is 2. The highest BCUT2D eigenvalue weighted by Gasteiger charge is 2.31. The third-order valence-corrected chi connectivity index (χ3v) is 10.5. The van der Waals surface area contributed by atoms with Crippen LogP contribution < -0.4 is 36.9 Å². The predicted molar refractivity (Wildman–Crippen MR) is 250 cm³/mol. The number of amides is 2. The van der Waals surface area contributed by atoms with E-state index in [0.717, 1.165) is 38.2 Å². The van der Waals surface area contributed by atoms with Gasteiger partial charge >= 0.3 is 5.97 Å². The van der Waals surface area contributed by atoms with Crippen molar-refractivity contribution in [3.8, 4) is 22.6 Å². The molecule has 7 N–H and O–H groups in total. The minimum atomic E-state index is -1.02. The zero-order chi connectivity index (χ0) is 45.0. The van der Waals surface area contributed by atoms with E-state index in [4.69, 9.17) is 25.7 Å². The number of hydrogen-bond donors (Lipinski definition) is 5. The minimum Gasteiger partial charge on any atom is -0.489 e. The van der Waals surface area contributed by atoms with Crippen molar-refractivity contribution in [2.24, 2.45) is 17.4 Å². The van der Waals surface area contributed by atoms with Crippen LogP contribution in [0.2, 0.25) is 0 Å². The highest BCUT2D eigenvalue weighted by molar-refractivity contribution is 6.10. The standard InChI is InChI=1S/C51H59N5O7/c1-4-16-43(51(60)63-33-36-17-7-6-8-18-36)56-50(59)39(21-15-30-54-35(3)53)32-44(57)42(24-13-14-29-52)55-47(58)34-62-46-28-26-38-20-10-12-23-41(38)49(46)48-40-22-11-9-19-37(40)25-27-45(48)61-31-5-2/h4-12,17-20,22-23,25-28,39,42-43,54H,1-3,13-16,21,24,29-34,52-53H2,(H,55,58)(H,56,59)/t39-,42+,43-/m0/s1. The number of carbonyl (C=O) groups is 4. The summed E-state index contributed by atoms with van der Waals surface area (Å²) >= 11 is 0. The van der Waals surface area contributed by atoms with Crippen LogP contribution in [0.25, 0.3) is 32.7 Å². The Bertz CT molecular complexity index is 2370. The monoisotopic (exact) mass is 853 g/mol. The highest BCUT2D eigenvalue weighted by atomic mass is 16.5. The maximum Gasteiger partial charge on any atom is 0.329 e. The number of benzene rings is 5. The van der Waals surface area contributed by atoms with Gasteiger partial charge in [-0.25, -0.2) is 4.79 Å². The largest absolute Gasteiger partial charge is 0.489 e. The Balaban J connectivity index is 1.36. The zero-order valence-corrected chi connectivity index (χ0v) is 35.8. The molecule has 3 atom stereocenters. The summed E-state index contributed by atoms with van der Waals surface area (Å²) in [6.45, 7) is 12.0. The van der Waals surface area contributed by atoms with Crippen LogP contribution in [0, 0.1) is 5.92 Å². The molecule has 0 unspecified atom stereocenters. The van der Waals surface area contributed by atoms with Gasteiger partial charge in [0.2, 0.25) is 5.91 Å². The first-order chi connectivity index (χ1) is 30.6. The van der Waals surface area contributed by atoms with Gasteiger partial charge in [-0.3, -0.25) is 14.4 Å². The second kappa shape index (κ2) is 24.5. The lowest BCUT2D eigenvalue weighted by atomic mass is 9.91. The van der Waals surface area contributed by atoms with Gasteiger partial charge in [-0.05, 0) is 84.3 Å². The van der Waals surface area contributed by atoms with Crippen LogP contribution in [0.3, 0.4) is 0 Å². The molecule has 12 nitrogen and oxygen atoms in total. The fourth-order valence-electron chi connectivity index (χ4n) is 7.40. The van der Waals surface area contributed by atoms with Crippen molar-refractivity contribution < 1.29 is 33.4 Å². The molecule has 5 rings (SSSR count). The van der Waals surface area contributed by atoms with Crippen LogP contribution in [0.4, 0.5) is 0 Å². The van der Waals surface area contributed by atoms with E-state index >= 15 is 0 Å². The zero-order valence-electron chi connectivity index (χ0n) is 35.8. The van der Waals surface area contributed by atoms with Crippen molar-refractivity contribution in [2.45, 2.75) is 63.6 Å². The minimum absolute atomic E-state index is 0.0319. The van der Waals surface area contributed by atoms with Crippen LogP contribution in [0.15, 0.2) is 141 Å². The first-order valence-corrected chi connectivity index (χ1v) is 21.4. The van der Waals surface area contributed by atoms with Crippen molar-refractivity contribution in [1.29, 1.82) is 0 Å². The van der Waals surface area contributed by atoms with Gasteiger partial charge in [0.05, 0.1) is 11.9 Å². The topological polar surface area (TPSA) is 184 Å². The van der Waals surface area contributed by atoms with E-state index in [1.807, 2.05) is 103 Å². The van der Waals surface area contributed by atoms with Gasteiger partial charge < -0.3 is 41.6 Å². The van der Waals surface area contributed by atoms with E-state index in [0.29, 0.717) is 50.3 Å². The van der Waals surface area contributed by atoms with E-state index in [9.17, 15) is 19.2 Å². The smallest absolute Gasteiger partial charge is 0.329 e. The molecule has 0 heterocycles. The molecule has 2 amide bonds. The number of unbranched alkanes of at least 4 members (excludes halogenated alkanes) is 1. The van der Waals surface area contributed by atoms with Gasteiger partial charge in [0.25, 0.3) is 5.91 Å². The van der Waals surface area contributed by atoms with Crippen LogP contribution in [0.1, 0.15) is 50.5 Å². The summed E-state index contributed by atoms with van der Waals surface area (Å²) in [6, 6.07) is 30.9. The molecular weight excluding hydrogens is 795 g/mol. The van der Waals surface area contributed by atoms with Crippen molar-refractivity contribution in [3.05, 3.63) is 146 Å². The van der Waals surface area contributed by atoms with Gasteiger partial charge in [0, 0.05) is 30.0 Å². The first-order valence-electron chi connectivity index (χ1n) is 21.4. The number of ether oxygens (including phenoxy) is 3. The van der Waals surface area contributed by atoms with Crippen molar-refractivity contribution >= 4 is 45.1 Å². The molecule has 0 saturated heterocycles. The number of hydrogen-bond acceptors (Lipinski definition) is 10. The third-order valence-electron chi connectivity index (χ3n) is 10.5. The highest BCUT2D eigenvalue weighted by Crippen LogP contribution is 2.45. The molecular formula is C51H59N5O7. The second-order valence-corrected chi connectivity index (χ2v) is 15.3. The van der Waals surface area contributed by atoms with Crippen molar-refractivity contribution in [2.75, 3.05) is 26.3 Å². The Hall–Kier alpha value is -6.92. The number of esters is 1. The first kappa shape index (κ1) is 47.1. The van der Waals surface area contributed by atoms with Crippen LogP contribution >= 0.6 is 0 Å².